The normalized spacial score (nSPS) is 12.1. The minimum Gasteiger partial charge on any atom is -0.469 e. The van der Waals surface area contributed by atoms with Crippen LogP contribution in [0, 0.1) is 12.7 Å². The summed E-state index contributed by atoms with van der Waals surface area (Å²) in [4.78, 5) is 12.6. The highest BCUT2D eigenvalue weighted by Gasteiger charge is 2.22. The van der Waals surface area contributed by atoms with Crippen LogP contribution in [-0.4, -0.2) is 25.8 Å². The summed E-state index contributed by atoms with van der Waals surface area (Å²) in [6, 6.07) is 7.38. The summed E-state index contributed by atoms with van der Waals surface area (Å²) in [5.41, 5.74) is 1.32. The SMILES string of the molecule is C=CCn1c(SC(C)C(=O)c2ccc(F)cc2)nnc1-c1ccoc1C. The quantitative estimate of drug-likeness (QED) is 0.347. The van der Waals surface area contributed by atoms with Crippen molar-refractivity contribution in [3.8, 4) is 11.4 Å². The van der Waals surface area contributed by atoms with Gasteiger partial charge in [0.1, 0.15) is 11.6 Å². The molecule has 1 unspecified atom stereocenters. The van der Waals surface area contributed by atoms with Crippen molar-refractivity contribution in [3.05, 3.63) is 66.4 Å². The Morgan fingerprint density at radius 1 is 1.35 bits per heavy atom. The van der Waals surface area contributed by atoms with Gasteiger partial charge in [-0.3, -0.25) is 9.36 Å². The molecule has 0 amide bonds. The Kier molecular flexibility index (Phi) is 5.37. The van der Waals surface area contributed by atoms with E-state index >= 15 is 0 Å². The van der Waals surface area contributed by atoms with Gasteiger partial charge < -0.3 is 4.42 Å². The van der Waals surface area contributed by atoms with Crippen LogP contribution in [0.2, 0.25) is 0 Å². The number of halogens is 1. The highest BCUT2D eigenvalue weighted by atomic mass is 32.2. The zero-order valence-electron chi connectivity index (χ0n) is 14.5. The first-order chi connectivity index (χ1) is 12.5. The van der Waals surface area contributed by atoms with E-state index in [1.165, 1.54) is 36.0 Å². The van der Waals surface area contributed by atoms with Gasteiger partial charge in [-0.25, -0.2) is 4.39 Å². The Hall–Kier alpha value is -2.67. The number of allylic oxidation sites excluding steroid dienone is 1. The van der Waals surface area contributed by atoms with Crippen molar-refractivity contribution in [1.82, 2.24) is 14.8 Å². The van der Waals surface area contributed by atoms with Crippen molar-refractivity contribution in [3.63, 3.8) is 0 Å². The lowest BCUT2D eigenvalue weighted by molar-refractivity contribution is 0.0994. The molecule has 5 nitrogen and oxygen atoms in total. The van der Waals surface area contributed by atoms with Gasteiger partial charge in [-0.1, -0.05) is 17.8 Å². The molecule has 1 atom stereocenters. The van der Waals surface area contributed by atoms with Gasteiger partial charge in [0, 0.05) is 12.1 Å². The third kappa shape index (κ3) is 3.62. The maximum absolute atomic E-state index is 13.1. The monoisotopic (exact) mass is 371 g/mol. The molecule has 0 N–H and O–H groups in total. The number of nitrogens with zero attached hydrogens (tertiary/aromatic N) is 3. The number of benzene rings is 1. The van der Waals surface area contributed by atoms with E-state index in [0.29, 0.717) is 23.1 Å². The molecule has 0 spiro atoms. The van der Waals surface area contributed by atoms with Gasteiger partial charge >= 0.3 is 0 Å². The molecule has 134 valence electrons. The van der Waals surface area contributed by atoms with Crippen molar-refractivity contribution in [2.45, 2.75) is 30.8 Å². The molecular weight excluding hydrogens is 353 g/mol. The van der Waals surface area contributed by atoms with E-state index in [0.717, 1.165) is 11.3 Å². The molecule has 3 aromatic rings. The van der Waals surface area contributed by atoms with Crippen molar-refractivity contribution in [2.75, 3.05) is 0 Å². The zero-order chi connectivity index (χ0) is 18.7. The molecule has 0 bridgehead atoms. The summed E-state index contributed by atoms with van der Waals surface area (Å²) in [6.07, 6.45) is 3.35. The van der Waals surface area contributed by atoms with Gasteiger partial charge in [-0.15, -0.1) is 16.8 Å². The van der Waals surface area contributed by atoms with Gasteiger partial charge in [0.2, 0.25) is 0 Å². The second kappa shape index (κ2) is 7.70. The molecule has 0 aliphatic heterocycles. The Morgan fingerprint density at radius 3 is 2.69 bits per heavy atom. The number of furan rings is 1. The number of hydrogen-bond donors (Lipinski definition) is 0. The van der Waals surface area contributed by atoms with Crippen LogP contribution in [0.4, 0.5) is 4.39 Å². The fourth-order valence-corrected chi connectivity index (χ4v) is 3.48. The van der Waals surface area contributed by atoms with Crippen LogP contribution < -0.4 is 0 Å². The molecule has 0 saturated carbocycles. The zero-order valence-corrected chi connectivity index (χ0v) is 15.3. The number of carbonyl (C=O) groups excluding carboxylic acids is 1. The Balaban J connectivity index is 1.86. The first kappa shape index (κ1) is 18.1. The molecule has 2 heterocycles. The first-order valence-electron chi connectivity index (χ1n) is 8.06. The fraction of sp³-hybridized carbons (Fsp3) is 0.211. The number of carbonyl (C=O) groups is 1. The lowest BCUT2D eigenvalue weighted by atomic mass is 10.1. The summed E-state index contributed by atoms with van der Waals surface area (Å²) < 4.78 is 20.3. The van der Waals surface area contributed by atoms with E-state index in [-0.39, 0.29) is 11.6 Å². The lowest BCUT2D eigenvalue weighted by Crippen LogP contribution is -2.15. The van der Waals surface area contributed by atoms with E-state index in [1.54, 1.807) is 19.3 Å². The average Bonchev–Trinajstić information content (AvgIpc) is 3.21. The molecule has 0 aliphatic carbocycles. The summed E-state index contributed by atoms with van der Waals surface area (Å²) >= 11 is 1.31. The smallest absolute Gasteiger partial charge is 0.192 e. The predicted octanol–water partition coefficient (Wildman–Crippen LogP) is 4.54. The van der Waals surface area contributed by atoms with Crippen molar-refractivity contribution < 1.29 is 13.6 Å². The van der Waals surface area contributed by atoms with Crippen molar-refractivity contribution >= 4 is 17.5 Å². The summed E-state index contributed by atoms with van der Waals surface area (Å²) in [6.45, 7) is 7.94. The molecule has 0 radical (unpaired) electrons. The topological polar surface area (TPSA) is 60.9 Å². The van der Waals surface area contributed by atoms with Gasteiger partial charge in [-0.2, -0.15) is 0 Å². The fourth-order valence-electron chi connectivity index (χ4n) is 2.55. The molecule has 26 heavy (non-hydrogen) atoms. The highest BCUT2D eigenvalue weighted by Crippen LogP contribution is 2.30. The molecule has 1 aromatic carbocycles. The number of ketones is 1. The van der Waals surface area contributed by atoms with Crippen molar-refractivity contribution in [2.24, 2.45) is 0 Å². The number of rotatable bonds is 7. The number of hydrogen-bond acceptors (Lipinski definition) is 5. The van der Waals surface area contributed by atoms with Crippen LogP contribution in [-0.2, 0) is 6.54 Å². The van der Waals surface area contributed by atoms with Crippen LogP contribution in [0.15, 0.2) is 58.8 Å². The Morgan fingerprint density at radius 2 is 2.08 bits per heavy atom. The largest absolute Gasteiger partial charge is 0.469 e. The average molecular weight is 371 g/mol. The molecule has 3 rings (SSSR count). The third-order valence-corrected chi connectivity index (χ3v) is 4.99. The van der Waals surface area contributed by atoms with Gasteiger partial charge in [0.25, 0.3) is 0 Å². The molecular formula is C19H18FN3O2S. The maximum Gasteiger partial charge on any atom is 0.192 e. The summed E-state index contributed by atoms with van der Waals surface area (Å²) in [7, 11) is 0. The van der Waals surface area contributed by atoms with Crippen LogP contribution in [0.3, 0.4) is 0 Å². The number of thioether (sulfide) groups is 1. The number of Topliss-reactive ketones (excluding diaryl/α,β-unsaturated/α-hetero) is 1. The summed E-state index contributed by atoms with van der Waals surface area (Å²) in [5, 5.41) is 8.71. The number of aryl methyl sites for hydroxylation is 1. The highest BCUT2D eigenvalue weighted by molar-refractivity contribution is 8.00. The second-order valence-corrected chi connectivity index (χ2v) is 7.04. The Labute approximate surface area is 154 Å². The van der Waals surface area contributed by atoms with Gasteiger partial charge in [-0.05, 0) is 44.2 Å². The minimum atomic E-state index is -0.397. The van der Waals surface area contributed by atoms with E-state index in [4.69, 9.17) is 4.42 Å². The van der Waals surface area contributed by atoms with Crippen LogP contribution >= 0.6 is 11.8 Å². The molecule has 2 aromatic heterocycles. The van der Waals surface area contributed by atoms with Crippen LogP contribution in [0.5, 0.6) is 0 Å². The molecule has 0 fully saturated rings. The Bertz CT molecular complexity index is 931. The number of aromatic nitrogens is 3. The van der Waals surface area contributed by atoms with Crippen LogP contribution in [0.1, 0.15) is 23.0 Å². The maximum atomic E-state index is 13.1. The molecule has 0 aliphatic rings. The van der Waals surface area contributed by atoms with E-state index in [2.05, 4.69) is 16.8 Å². The predicted molar refractivity (Wildman–Crippen MR) is 98.7 cm³/mol. The first-order valence-corrected chi connectivity index (χ1v) is 8.94. The van der Waals surface area contributed by atoms with Crippen LogP contribution in [0.25, 0.3) is 11.4 Å². The van der Waals surface area contributed by atoms with E-state index < -0.39 is 5.25 Å². The van der Waals surface area contributed by atoms with Crippen molar-refractivity contribution in [1.29, 1.82) is 0 Å². The van der Waals surface area contributed by atoms with E-state index in [1.807, 2.05) is 17.6 Å². The molecule has 7 heteroatoms. The standard InChI is InChI=1S/C19H18FN3O2S/c1-4-10-23-18(16-9-11-25-12(16)2)21-22-19(23)26-13(3)17(24)14-5-7-15(20)8-6-14/h4-9,11,13H,1,10H2,2-3H3. The second-order valence-electron chi connectivity index (χ2n) is 5.73. The summed E-state index contributed by atoms with van der Waals surface area (Å²) in [5.74, 6) is 0.951. The third-order valence-electron chi connectivity index (χ3n) is 3.91. The molecule has 0 saturated heterocycles. The van der Waals surface area contributed by atoms with Gasteiger partial charge in [0.15, 0.2) is 16.8 Å². The van der Waals surface area contributed by atoms with Gasteiger partial charge in [0.05, 0.1) is 17.1 Å². The van der Waals surface area contributed by atoms with E-state index in [9.17, 15) is 9.18 Å². The minimum absolute atomic E-state index is 0.0933. The lowest BCUT2D eigenvalue weighted by Gasteiger charge is -2.11.